The first-order valence-electron chi connectivity index (χ1n) is 9.15. The first kappa shape index (κ1) is 18.4. The summed E-state index contributed by atoms with van der Waals surface area (Å²) in [6.45, 7) is 1.80. The summed E-state index contributed by atoms with van der Waals surface area (Å²) in [7, 11) is 0. The first-order chi connectivity index (χ1) is 14.1. The maximum atomic E-state index is 10.6. The Hall–Kier alpha value is -3.93. The fourth-order valence-corrected chi connectivity index (χ4v) is 3.18. The van der Waals surface area contributed by atoms with Crippen molar-refractivity contribution < 1.29 is 14.4 Å². The highest BCUT2D eigenvalue weighted by molar-refractivity contribution is 5.95. The van der Waals surface area contributed by atoms with Crippen LogP contribution in [0.25, 0.3) is 22.1 Å². The van der Waals surface area contributed by atoms with E-state index in [-0.39, 0.29) is 6.54 Å². The number of benzene rings is 3. The summed E-state index contributed by atoms with van der Waals surface area (Å²) >= 11 is 0. The lowest BCUT2D eigenvalue weighted by atomic mass is 9.99. The van der Waals surface area contributed by atoms with Gasteiger partial charge in [0.25, 0.3) is 0 Å². The van der Waals surface area contributed by atoms with Gasteiger partial charge in [0.05, 0.1) is 5.39 Å². The number of fused-ring (bicyclic) bond motifs is 1. The second-order valence-corrected chi connectivity index (χ2v) is 6.62. The van der Waals surface area contributed by atoms with Gasteiger partial charge in [0.1, 0.15) is 6.54 Å². The molecule has 29 heavy (non-hydrogen) atoms. The van der Waals surface area contributed by atoms with Crippen LogP contribution in [0.15, 0.2) is 76.2 Å². The van der Waals surface area contributed by atoms with Crippen LogP contribution in [-0.2, 0) is 4.79 Å². The quantitative estimate of drug-likeness (QED) is 0.454. The number of hydrogen-bond acceptors (Lipinski definition) is 5. The highest BCUT2D eigenvalue weighted by atomic mass is 16.5. The standard InChI is InChI=1S/C23H19N3O3/c1-15-18(17-6-3-2-4-7-17)8-5-9-20(15)25-23-19-12-16(13-24-14-22(27)28)10-11-21(19)29-26-23/h2-13H,14H2,1H3,(H,25,26)(H,27,28). The molecule has 0 fully saturated rings. The minimum absolute atomic E-state index is 0.266. The van der Waals surface area contributed by atoms with Crippen LogP contribution in [0, 0.1) is 6.92 Å². The summed E-state index contributed by atoms with van der Waals surface area (Å²) in [5.74, 6) is -0.370. The Balaban J connectivity index is 1.66. The van der Waals surface area contributed by atoms with E-state index in [1.807, 2.05) is 42.5 Å². The fraction of sp³-hybridized carbons (Fsp3) is 0.0870. The van der Waals surface area contributed by atoms with Crippen molar-refractivity contribution in [3.63, 3.8) is 0 Å². The number of hydrogen-bond donors (Lipinski definition) is 2. The van der Waals surface area contributed by atoms with E-state index in [4.69, 9.17) is 9.63 Å². The fourth-order valence-electron chi connectivity index (χ4n) is 3.18. The van der Waals surface area contributed by atoms with E-state index < -0.39 is 5.97 Å². The van der Waals surface area contributed by atoms with Gasteiger partial charge in [0.15, 0.2) is 11.4 Å². The smallest absolute Gasteiger partial charge is 0.325 e. The highest BCUT2D eigenvalue weighted by Crippen LogP contribution is 2.32. The third-order valence-electron chi connectivity index (χ3n) is 4.63. The summed E-state index contributed by atoms with van der Waals surface area (Å²) in [6.07, 6.45) is 1.53. The molecule has 144 valence electrons. The van der Waals surface area contributed by atoms with E-state index in [1.54, 1.807) is 6.07 Å². The van der Waals surface area contributed by atoms with Gasteiger partial charge in [-0.3, -0.25) is 9.79 Å². The van der Waals surface area contributed by atoms with Crippen LogP contribution in [0.4, 0.5) is 11.5 Å². The lowest BCUT2D eigenvalue weighted by molar-refractivity contribution is -0.135. The molecule has 0 unspecified atom stereocenters. The largest absolute Gasteiger partial charge is 0.480 e. The number of carbonyl (C=O) groups is 1. The van der Waals surface area contributed by atoms with Crippen LogP contribution in [0.5, 0.6) is 0 Å². The second-order valence-electron chi connectivity index (χ2n) is 6.62. The number of carboxylic acids is 1. The molecule has 0 amide bonds. The SMILES string of the molecule is Cc1c(Nc2noc3ccc(C=NCC(=O)O)cc23)cccc1-c1ccccc1. The van der Waals surface area contributed by atoms with Crippen molar-refractivity contribution in [3.05, 3.63) is 77.9 Å². The number of aliphatic imine (C=N–C) groups is 1. The van der Waals surface area contributed by atoms with Gasteiger partial charge in [-0.2, -0.15) is 0 Å². The molecule has 0 aliphatic heterocycles. The molecule has 0 aliphatic rings. The molecule has 0 aliphatic carbocycles. The zero-order valence-electron chi connectivity index (χ0n) is 15.8. The van der Waals surface area contributed by atoms with Crippen LogP contribution in [0.2, 0.25) is 0 Å². The van der Waals surface area contributed by atoms with E-state index in [0.717, 1.165) is 33.3 Å². The van der Waals surface area contributed by atoms with E-state index >= 15 is 0 Å². The first-order valence-corrected chi connectivity index (χ1v) is 9.15. The summed E-state index contributed by atoms with van der Waals surface area (Å²) in [6, 6.07) is 21.8. The molecule has 0 saturated heterocycles. The van der Waals surface area contributed by atoms with Gasteiger partial charge in [0, 0.05) is 11.9 Å². The molecule has 6 heteroatoms. The van der Waals surface area contributed by atoms with E-state index in [2.05, 4.69) is 40.6 Å². The minimum Gasteiger partial charge on any atom is -0.480 e. The van der Waals surface area contributed by atoms with Crippen molar-refractivity contribution in [1.29, 1.82) is 0 Å². The van der Waals surface area contributed by atoms with Gasteiger partial charge in [-0.15, -0.1) is 0 Å². The van der Waals surface area contributed by atoms with Crippen LogP contribution in [0.1, 0.15) is 11.1 Å². The number of carboxylic acid groups (broad SMARTS) is 1. The Morgan fingerprint density at radius 1 is 1.14 bits per heavy atom. The summed E-state index contributed by atoms with van der Waals surface area (Å²) in [4.78, 5) is 14.5. The number of aromatic nitrogens is 1. The van der Waals surface area contributed by atoms with Crippen molar-refractivity contribution >= 4 is 34.7 Å². The Morgan fingerprint density at radius 2 is 1.97 bits per heavy atom. The minimum atomic E-state index is -0.969. The van der Waals surface area contributed by atoms with Gasteiger partial charge in [-0.05, 0) is 53.4 Å². The molecule has 0 spiro atoms. The van der Waals surface area contributed by atoms with Crippen molar-refractivity contribution in [2.75, 3.05) is 11.9 Å². The summed E-state index contributed by atoms with van der Waals surface area (Å²) in [5.41, 5.74) is 5.75. The Bertz CT molecular complexity index is 1200. The molecule has 4 aromatic rings. The maximum Gasteiger partial charge on any atom is 0.325 e. The predicted octanol–water partition coefficient (Wildman–Crippen LogP) is 5.05. The molecule has 0 bridgehead atoms. The molecule has 6 nitrogen and oxygen atoms in total. The average molecular weight is 385 g/mol. The number of nitrogens with one attached hydrogen (secondary N) is 1. The van der Waals surface area contributed by atoms with Gasteiger partial charge < -0.3 is 14.9 Å². The van der Waals surface area contributed by atoms with Crippen LogP contribution >= 0.6 is 0 Å². The normalized spacial score (nSPS) is 11.2. The molecule has 2 N–H and O–H groups in total. The molecule has 1 heterocycles. The molecular weight excluding hydrogens is 366 g/mol. The molecular formula is C23H19N3O3. The number of rotatable bonds is 6. The zero-order valence-corrected chi connectivity index (χ0v) is 15.8. The van der Waals surface area contributed by atoms with E-state index in [9.17, 15) is 4.79 Å². The maximum absolute atomic E-state index is 10.6. The zero-order chi connectivity index (χ0) is 20.2. The van der Waals surface area contributed by atoms with Crippen molar-refractivity contribution in [2.45, 2.75) is 6.92 Å². The predicted molar refractivity (Wildman–Crippen MR) is 114 cm³/mol. The van der Waals surface area contributed by atoms with E-state index in [1.165, 1.54) is 6.21 Å². The molecule has 0 saturated carbocycles. The average Bonchev–Trinajstić information content (AvgIpc) is 3.12. The van der Waals surface area contributed by atoms with Crippen molar-refractivity contribution in [3.8, 4) is 11.1 Å². The van der Waals surface area contributed by atoms with Gasteiger partial charge in [-0.25, -0.2) is 0 Å². The van der Waals surface area contributed by atoms with Gasteiger partial charge in [-0.1, -0.05) is 47.6 Å². The van der Waals surface area contributed by atoms with Crippen molar-refractivity contribution in [2.24, 2.45) is 4.99 Å². The number of nitrogens with zero attached hydrogens (tertiary/aromatic N) is 2. The molecule has 1 aromatic heterocycles. The highest BCUT2D eigenvalue weighted by Gasteiger charge is 2.12. The van der Waals surface area contributed by atoms with Crippen LogP contribution in [-0.4, -0.2) is 29.0 Å². The molecule has 0 atom stereocenters. The third-order valence-corrected chi connectivity index (χ3v) is 4.63. The van der Waals surface area contributed by atoms with Gasteiger partial charge in [0.2, 0.25) is 0 Å². The topological polar surface area (TPSA) is 87.7 Å². The Morgan fingerprint density at radius 3 is 2.76 bits per heavy atom. The summed E-state index contributed by atoms with van der Waals surface area (Å²) in [5, 5.41) is 17.0. The lowest BCUT2D eigenvalue weighted by Gasteiger charge is -2.12. The van der Waals surface area contributed by atoms with Crippen molar-refractivity contribution in [1.82, 2.24) is 5.16 Å². The van der Waals surface area contributed by atoms with E-state index in [0.29, 0.717) is 11.4 Å². The number of aliphatic carboxylic acids is 1. The molecule has 4 rings (SSSR count). The molecule has 0 radical (unpaired) electrons. The van der Waals surface area contributed by atoms with Crippen LogP contribution in [0.3, 0.4) is 0 Å². The van der Waals surface area contributed by atoms with Crippen LogP contribution < -0.4 is 5.32 Å². The monoisotopic (exact) mass is 385 g/mol. The Labute approximate surface area is 167 Å². The lowest BCUT2D eigenvalue weighted by Crippen LogP contribution is -1.99. The van der Waals surface area contributed by atoms with Gasteiger partial charge >= 0.3 is 5.97 Å². The Kier molecular flexibility index (Phi) is 5.07. The second kappa shape index (κ2) is 7.98. The summed E-state index contributed by atoms with van der Waals surface area (Å²) < 4.78 is 5.42. The molecule has 3 aromatic carbocycles. The number of anilines is 2. The third kappa shape index (κ3) is 4.01.